The first-order valence-corrected chi connectivity index (χ1v) is 7.27. The van der Waals surface area contributed by atoms with Crippen LogP contribution < -0.4 is 0 Å². The van der Waals surface area contributed by atoms with Crippen molar-refractivity contribution in [2.24, 2.45) is 0 Å². The third kappa shape index (κ3) is 2.39. The Kier molecular flexibility index (Phi) is 2.76. The van der Waals surface area contributed by atoms with Crippen molar-refractivity contribution in [1.82, 2.24) is 9.88 Å². The second kappa shape index (κ2) is 4.04. The van der Waals surface area contributed by atoms with Crippen molar-refractivity contribution in [3.63, 3.8) is 0 Å². The number of aryl methyl sites for hydroxylation is 2. The zero-order valence-electron chi connectivity index (χ0n) is 10.6. The van der Waals surface area contributed by atoms with Crippen molar-refractivity contribution < 1.29 is 5.11 Å². The molecule has 1 aromatic rings. The second-order valence-electron chi connectivity index (χ2n) is 5.60. The van der Waals surface area contributed by atoms with Gasteiger partial charge in [-0.1, -0.05) is 0 Å². The summed E-state index contributed by atoms with van der Waals surface area (Å²) in [6.45, 7) is 6.05. The molecule has 0 spiro atoms. The SMILES string of the molecule is Cc1nc(CC2(O)CCN(C3CC3)C2)sc1C. The second-order valence-corrected chi connectivity index (χ2v) is 6.89. The van der Waals surface area contributed by atoms with Crippen LogP contribution in [-0.2, 0) is 6.42 Å². The molecule has 2 aliphatic rings. The number of nitrogens with zero attached hydrogens (tertiary/aromatic N) is 2. The van der Waals surface area contributed by atoms with Crippen LogP contribution in [0.25, 0.3) is 0 Å². The first kappa shape index (κ1) is 11.6. The highest BCUT2D eigenvalue weighted by Crippen LogP contribution is 2.35. The molecule has 1 unspecified atom stereocenters. The lowest BCUT2D eigenvalue weighted by molar-refractivity contribution is 0.0486. The lowest BCUT2D eigenvalue weighted by Crippen LogP contribution is -2.36. The van der Waals surface area contributed by atoms with E-state index < -0.39 is 5.60 Å². The van der Waals surface area contributed by atoms with Crippen LogP contribution in [0.5, 0.6) is 0 Å². The van der Waals surface area contributed by atoms with Crippen LogP contribution in [0.15, 0.2) is 0 Å². The molecule has 17 heavy (non-hydrogen) atoms. The molecule has 2 fully saturated rings. The van der Waals surface area contributed by atoms with Crippen molar-refractivity contribution >= 4 is 11.3 Å². The third-order valence-corrected chi connectivity index (χ3v) is 5.05. The highest BCUT2D eigenvalue weighted by Gasteiger charge is 2.42. The predicted octanol–water partition coefficient (Wildman–Crippen LogP) is 1.90. The largest absolute Gasteiger partial charge is 0.388 e. The molecular weight excluding hydrogens is 232 g/mol. The topological polar surface area (TPSA) is 36.4 Å². The highest BCUT2D eigenvalue weighted by atomic mass is 32.1. The van der Waals surface area contributed by atoms with Gasteiger partial charge in [-0.05, 0) is 33.1 Å². The van der Waals surface area contributed by atoms with Crippen LogP contribution in [0.1, 0.15) is 34.8 Å². The van der Waals surface area contributed by atoms with E-state index in [4.69, 9.17) is 0 Å². The molecule has 1 aliphatic carbocycles. The molecule has 1 aromatic heterocycles. The summed E-state index contributed by atoms with van der Waals surface area (Å²) in [5.41, 5.74) is 0.588. The summed E-state index contributed by atoms with van der Waals surface area (Å²) in [6, 6.07) is 0.767. The van der Waals surface area contributed by atoms with Gasteiger partial charge in [0.1, 0.15) is 0 Å². The quantitative estimate of drug-likeness (QED) is 0.892. The van der Waals surface area contributed by atoms with E-state index in [1.807, 2.05) is 6.92 Å². The van der Waals surface area contributed by atoms with Crippen LogP contribution in [0.3, 0.4) is 0 Å². The van der Waals surface area contributed by atoms with Gasteiger partial charge in [0, 0.05) is 30.4 Å². The lowest BCUT2D eigenvalue weighted by Gasteiger charge is -2.22. The molecule has 1 atom stereocenters. The normalized spacial score (nSPS) is 30.1. The Hall–Kier alpha value is -0.450. The number of aliphatic hydroxyl groups is 1. The predicted molar refractivity (Wildman–Crippen MR) is 69.5 cm³/mol. The number of thiazole rings is 1. The summed E-state index contributed by atoms with van der Waals surface area (Å²) in [5, 5.41) is 11.7. The van der Waals surface area contributed by atoms with Gasteiger partial charge < -0.3 is 5.11 Å². The number of likely N-dealkylation sites (tertiary alicyclic amines) is 1. The fraction of sp³-hybridized carbons (Fsp3) is 0.769. The Labute approximate surface area is 106 Å². The van der Waals surface area contributed by atoms with Gasteiger partial charge in [-0.25, -0.2) is 4.98 Å². The number of β-amino-alcohol motifs (C(OH)–C–C–N with tert-alkyl or cyclic N) is 1. The Balaban J connectivity index is 1.67. The maximum absolute atomic E-state index is 10.6. The average molecular weight is 252 g/mol. The zero-order chi connectivity index (χ0) is 12.0. The molecule has 3 rings (SSSR count). The minimum atomic E-state index is -0.528. The van der Waals surface area contributed by atoms with Crippen LogP contribution >= 0.6 is 11.3 Å². The van der Waals surface area contributed by atoms with E-state index in [2.05, 4.69) is 16.8 Å². The van der Waals surface area contributed by atoms with Gasteiger partial charge in [-0.15, -0.1) is 11.3 Å². The van der Waals surface area contributed by atoms with Gasteiger partial charge in [0.15, 0.2) is 0 Å². The van der Waals surface area contributed by atoms with Crippen LogP contribution in [0.4, 0.5) is 0 Å². The van der Waals surface area contributed by atoms with E-state index in [0.717, 1.165) is 42.7 Å². The first-order valence-electron chi connectivity index (χ1n) is 6.45. The molecule has 0 aromatic carbocycles. The van der Waals surface area contributed by atoms with E-state index in [-0.39, 0.29) is 0 Å². The van der Waals surface area contributed by atoms with Crippen LogP contribution in [0.2, 0.25) is 0 Å². The molecular formula is C13H20N2OS. The fourth-order valence-electron chi connectivity index (χ4n) is 2.68. The number of hydrogen-bond acceptors (Lipinski definition) is 4. The Morgan fingerprint density at radius 2 is 2.24 bits per heavy atom. The van der Waals surface area contributed by atoms with Gasteiger partial charge in [-0.2, -0.15) is 0 Å². The smallest absolute Gasteiger partial charge is 0.0960 e. The first-order chi connectivity index (χ1) is 8.06. The van der Waals surface area contributed by atoms with Crippen LogP contribution in [0, 0.1) is 13.8 Å². The Bertz CT molecular complexity index is 408. The average Bonchev–Trinajstić information content (AvgIpc) is 2.96. The highest BCUT2D eigenvalue weighted by molar-refractivity contribution is 7.11. The van der Waals surface area contributed by atoms with Gasteiger partial charge in [-0.3, -0.25) is 4.90 Å². The lowest BCUT2D eigenvalue weighted by atomic mass is 9.99. The number of rotatable bonds is 3. The van der Waals surface area contributed by atoms with E-state index in [0.29, 0.717) is 0 Å². The van der Waals surface area contributed by atoms with Crippen molar-refractivity contribution in [2.45, 2.75) is 51.2 Å². The molecule has 0 radical (unpaired) electrons. The van der Waals surface area contributed by atoms with E-state index in [1.165, 1.54) is 17.7 Å². The summed E-state index contributed by atoms with van der Waals surface area (Å²) >= 11 is 1.74. The third-order valence-electron chi connectivity index (χ3n) is 3.98. The summed E-state index contributed by atoms with van der Waals surface area (Å²) in [5.74, 6) is 0. The monoisotopic (exact) mass is 252 g/mol. The minimum Gasteiger partial charge on any atom is -0.388 e. The Morgan fingerprint density at radius 3 is 2.82 bits per heavy atom. The minimum absolute atomic E-state index is 0.528. The van der Waals surface area contributed by atoms with Gasteiger partial charge in [0.25, 0.3) is 0 Å². The van der Waals surface area contributed by atoms with Crippen molar-refractivity contribution in [1.29, 1.82) is 0 Å². The fourth-order valence-corrected chi connectivity index (χ4v) is 3.75. The summed E-state index contributed by atoms with van der Waals surface area (Å²) < 4.78 is 0. The summed E-state index contributed by atoms with van der Waals surface area (Å²) in [6.07, 6.45) is 4.29. The number of aromatic nitrogens is 1. The molecule has 3 nitrogen and oxygen atoms in total. The molecule has 4 heteroatoms. The molecule has 1 aliphatic heterocycles. The molecule has 1 N–H and O–H groups in total. The van der Waals surface area contributed by atoms with E-state index in [1.54, 1.807) is 11.3 Å². The molecule has 0 amide bonds. The van der Waals surface area contributed by atoms with E-state index >= 15 is 0 Å². The zero-order valence-corrected chi connectivity index (χ0v) is 11.4. The molecule has 1 saturated heterocycles. The van der Waals surface area contributed by atoms with Gasteiger partial charge >= 0.3 is 0 Å². The standard InChI is InChI=1S/C13H20N2OS/c1-9-10(2)17-12(14-9)7-13(16)5-6-15(8-13)11-3-4-11/h11,16H,3-8H2,1-2H3. The van der Waals surface area contributed by atoms with Crippen molar-refractivity contribution in [3.8, 4) is 0 Å². The molecule has 1 saturated carbocycles. The van der Waals surface area contributed by atoms with Gasteiger partial charge in [0.05, 0.1) is 16.3 Å². The van der Waals surface area contributed by atoms with Crippen molar-refractivity contribution in [2.75, 3.05) is 13.1 Å². The molecule has 0 bridgehead atoms. The molecule has 94 valence electrons. The van der Waals surface area contributed by atoms with Gasteiger partial charge in [0.2, 0.25) is 0 Å². The maximum Gasteiger partial charge on any atom is 0.0960 e. The summed E-state index contributed by atoms with van der Waals surface area (Å²) in [7, 11) is 0. The number of hydrogen-bond donors (Lipinski definition) is 1. The van der Waals surface area contributed by atoms with Crippen molar-refractivity contribution in [3.05, 3.63) is 15.6 Å². The molecule has 2 heterocycles. The van der Waals surface area contributed by atoms with E-state index in [9.17, 15) is 5.11 Å². The summed E-state index contributed by atoms with van der Waals surface area (Å²) in [4.78, 5) is 8.27. The maximum atomic E-state index is 10.6. The Morgan fingerprint density at radius 1 is 1.47 bits per heavy atom. The van der Waals surface area contributed by atoms with Crippen LogP contribution in [-0.4, -0.2) is 39.7 Å².